The van der Waals surface area contributed by atoms with Gasteiger partial charge in [0.25, 0.3) is 0 Å². The monoisotopic (exact) mass is 187 g/mol. The van der Waals surface area contributed by atoms with Crippen LogP contribution in [0.3, 0.4) is 0 Å². The summed E-state index contributed by atoms with van der Waals surface area (Å²) in [5, 5.41) is 3.40. The molecule has 0 aromatic heterocycles. The molecule has 1 aliphatic rings. The van der Waals surface area contributed by atoms with Crippen LogP contribution in [0.25, 0.3) is 0 Å². The predicted octanol–water partition coefficient (Wildman–Crippen LogP) is 1.04. The molecule has 0 saturated carbocycles. The molecule has 1 fully saturated rings. The van der Waals surface area contributed by atoms with E-state index in [-0.39, 0.29) is 6.10 Å². The Balaban J connectivity index is 1.98. The van der Waals surface area contributed by atoms with Crippen LogP contribution in [-0.2, 0) is 9.47 Å². The Hall–Kier alpha value is -0.120. The lowest BCUT2D eigenvalue weighted by Crippen LogP contribution is -2.38. The minimum absolute atomic E-state index is 0.262. The first kappa shape index (κ1) is 11.0. The third kappa shape index (κ3) is 4.60. The average Bonchev–Trinajstić information content (AvgIpc) is 2.19. The van der Waals surface area contributed by atoms with Gasteiger partial charge in [-0.3, -0.25) is 0 Å². The third-order valence-corrected chi connectivity index (χ3v) is 2.45. The van der Waals surface area contributed by atoms with Gasteiger partial charge < -0.3 is 14.8 Å². The molecule has 2 atom stereocenters. The van der Waals surface area contributed by atoms with Crippen molar-refractivity contribution in [2.75, 3.05) is 32.9 Å². The van der Waals surface area contributed by atoms with Crippen molar-refractivity contribution in [2.24, 2.45) is 5.92 Å². The third-order valence-electron chi connectivity index (χ3n) is 2.45. The fourth-order valence-corrected chi connectivity index (χ4v) is 1.29. The molecular weight excluding hydrogens is 166 g/mol. The van der Waals surface area contributed by atoms with Crippen LogP contribution < -0.4 is 5.32 Å². The van der Waals surface area contributed by atoms with Crippen LogP contribution in [0.2, 0.25) is 0 Å². The topological polar surface area (TPSA) is 30.5 Å². The summed E-state index contributed by atoms with van der Waals surface area (Å²) in [4.78, 5) is 0. The van der Waals surface area contributed by atoms with Crippen LogP contribution in [-0.4, -0.2) is 39.0 Å². The van der Waals surface area contributed by atoms with E-state index in [1.807, 2.05) is 0 Å². The summed E-state index contributed by atoms with van der Waals surface area (Å²) in [6.07, 6.45) is 1.49. The Kier molecular flexibility index (Phi) is 5.35. The van der Waals surface area contributed by atoms with E-state index in [1.165, 1.54) is 6.42 Å². The lowest BCUT2D eigenvalue weighted by atomic mass is 10.1. The second-order valence-electron chi connectivity index (χ2n) is 3.74. The molecule has 3 nitrogen and oxygen atoms in total. The number of nitrogens with one attached hydrogen (secondary N) is 1. The van der Waals surface area contributed by atoms with Gasteiger partial charge in [0.05, 0.1) is 25.9 Å². The highest BCUT2D eigenvalue weighted by atomic mass is 16.6. The Morgan fingerprint density at radius 3 is 2.92 bits per heavy atom. The number of hydrogen-bond donors (Lipinski definition) is 1. The first-order chi connectivity index (χ1) is 6.33. The van der Waals surface area contributed by atoms with Crippen molar-refractivity contribution >= 4 is 0 Å². The van der Waals surface area contributed by atoms with Crippen LogP contribution in [0, 0.1) is 5.92 Å². The number of rotatable bonds is 5. The van der Waals surface area contributed by atoms with Crippen molar-refractivity contribution in [1.29, 1.82) is 0 Å². The van der Waals surface area contributed by atoms with E-state index in [0.717, 1.165) is 38.8 Å². The maximum Gasteiger partial charge on any atom is 0.0933 e. The molecular formula is C10H21NO2. The van der Waals surface area contributed by atoms with E-state index >= 15 is 0 Å². The highest BCUT2D eigenvalue weighted by Gasteiger charge is 2.13. The molecule has 78 valence electrons. The molecule has 3 heteroatoms. The van der Waals surface area contributed by atoms with Crippen LogP contribution >= 0.6 is 0 Å². The molecule has 0 aromatic carbocycles. The van der Waals surface area contributed by atoms with Crippen molar-refractivity contribution in [2.45, 2.75) is 26.4 Å². The van der Waals surface area contributed by atoms with Gasteiger partial charge in [-0.15, -0.1) is 0 Å². The maximum atomic E-state index is 5.51. The summed E-state index contributed by atoms with van der Waals surface area (Å²) in [5.41, 5.74) is 0. The SMILES string of the molecule is CCC(C)CNCC1COCCO1. The Bertz CT molecular complexity index is 124. The van der Waals surface area contributed by atoms with Gasteiger partial charge in [-0.05, 0) is 12.5 Å². The predicted molar refractivity (Wildman–Crippen MR) is 52.9 cm³/mol. The number of hydrogen-bond acceptors (Lipinski definition) is 3. The van der Waals surface area contributed by atoms with Crippen molar-refractivity contribution in [1.82, 2.24) is 5.32 Å². The van der Waals surface area contributed by atoms with E-state index in [0.29, 0.717) is 0 Å². The van der Waals surface area contributed by atoms with Crippen molar-refractivity contribution < 1.29 is 9.47 Å². The highest BCUT2D eigenvalue weighted by molar-refractivity contribution is 4.65. The summed E-state index contributed by atoms with van der Waals surface area (Å²) in [5.74, 6) is 0.754. The minimum Gasteiger partial charge on any atom is -0.376 e. The zero-order valence-corrected chi connectivity index (χ0v) is 8.71. The molecule has 0 bridgehead atoms. The largest absolute Gasteiger partial charge is 0.376 e. The standard InChI is InChI=1S/C10H21NO2/c1-3-9(2)6-11-7-10-8-12-4-5-13-10/h9-11H,3-8H2,1-2H3. The molecule has 1 saturated heterocycles. The molecule has 1 rings (SSSR count). The fraction of sp³-hybridized carbons (Fsp3) is 1.00. The zero-order chi connectivity index (χ0) is 9.52. The quantitative estimate of drug-likeness (QED) is 0.697. The van der Waals surface area contributed by atoms with Gasteiger partial charge in [-0.1, -0.05) is 20.3 Å². The lowest BCUT2D eigenvalue weighted by Gasteiger charge is -2.23. The smallest absolute Gasteiger partial charge is 0.0933 e. The highest BCUT2D eigenvalue weighted by Crippen LogP contribution is 2.01. The molecule has 0 spiro atoms. The molecule has 1 N–H and O–H groups in total. The fourth-order valence-electron chi connectivity index (χ4n) is 1.29. The van der Waals surface area contributed by atoms with Crippen LogP contribution in [0.5, 0.6) is 0 Å². The van der Waals surface area contributed by atoms with E-state index in [4.69, 9.17) is 9.47 Å². The molecule has 1 aliphatic heterocycles. The minimum atomic E-state index is 0.262. The van der Waals surface area contributed by atoms with Gasteiger partial charge >= 0.3 is 0 Å². The molecule has 1 heterocycles. The maximum absolute atomic E-state index is 5.51. The Labute approximate surface area is 80.8 Å². The van der Waals surface area contributed by atoms with E-state index in [1.54, 1.807) is 0 Å². The van der Waals surface area contributed by atoms with E-state index in [2.05, 4.69) is 19.2 Å². The van der Waals surface area contributed by atoms with Gasteiger partial charge in [0.15, 0.2) is 0 Å². The van der Waals surface area contributed by atoms with Crippen LogP contribution in [0.15, 0.2) is 0 Å². The first-order valence-corrected chi connectivity index (χ1v) is 5.23. The first-order valence-electron chi connectivity index (χ1n) is 5.23. The van der Waals surface area contributed by atoms with Crippen molar-refractivity contribution in [3.63, 3.8) is 0 Å². The summed E-state index contributed by atoms with van der Waals surface area (Å²) in [6.45, 7) is 8.71. The van der Waals surface area contributed by atoms with Gasteiger partial charge in [0.2, 0.25) is 0 Å². The summed E-state index contributed by atoms with van der Waals surface area (Å²) < 4.78 is 10.8. The van der Waals surface area contributed by atoms with Gasteiger partial charge in [-0.25, -0.2) is 0 Å². The lowest BCUT2D eigenvalue weighted by molar-refractivity contribution is -0.0864. The second kappa shape index (κ2) is 6.35. The summed E-state index contributed by atoms with van der Waals surface area (Å²) >= 11 is 0. The summed E-state index contributed by atoms with van der Waals surface area (Å²) in [6, 6.07) is 0. The van der Waals surface area contributed by atoms with E-state index < -0.39 is 0 Å². The second-order valence-corrected chi connectivity index (χ2v) is 3.74. The van der Waals surface area contributed by atoms with E-state index in [9.17, 15) is 0 Å². The van der Waals surface area contributed by atoms with Gasteiger partial charge in [-0.2, -0.15) is 0 Å². The Morgan fingerprint density at radius 1 is 1.46 bits per heavy atom. The molecule has 0 amide bonds. The van der Waals surface area contributed by atoms with Crippen molar-refractivity contribution in [3.8, 4) is 0 Å². The summed E-state index contributed by atoms with van der Waals surface area (Å²) in [7, 11) is 0. The molecule has 2 unspecified atom stereocenters. The van der Waals surface area contributed by atoms with Crippen molar-refractivity contribution in [3.05, 3.63) is 0 Å². The van der Waals surface area contributed by atoms with Gasteiger partial charge in [0, 0.05) is 6.54 Å². The molecule has 0 radical (unpaired) electrons. The normalized spacial score (nSPS) is 25.8. The molecule has 0 aliphatic carbocycles. The molecule has 13 heavy (non-hydrogen) atoms. The van der Waals surface area contributed by atoms with Crippen LogP contribution in [0.1, 0.15) is 20.3 Å². The average molecular weight is 187 g/mol. The van der Waals surface area contributed by atoms with Gasteiger partial charge in [0.1, 0.15) is 0 Å². The molecule has 0 aromatic rings. The van der Waals surface area contributed by atoms with Crippen LogP contribution in [0.4, 0.5) is 0 Å². The Morgan fingerprint density at radius 2 is 2.31 bits per heavy atom. The zero-order valence-electron chi connectivity index (χ0n) is 8.71. The number of ether oxygens (including phenoxy) is 2.